The van der Waals surface area contributed by atoms with Gasteiger partial charge in [-0.2, -0.15) is 0 Å². The van der Waals surface area contributed by atoms with Crippen LogP contribution in [0.2, 0.25) is 0 Å². The van der Waals surface area contributed by atoms with E-state index in [1.165, 1.54) is 5.56 Å². The molecule has 0 saturated carbocycles. The van der Waals surface area contributed by atoms with E-state index in [0.717, 1.165) is 25.1 Å². The van der Waals surface area contributed by atoms with Crippen molar-refractivity contribution in [2.24, 2.45) is 5.73 Å². The molecule has 1 heterocycles. The number of halogens is 1. The zero-order valence-electron chi connectivity index (χ0n) is 10.4. The van der Waals surface area contributed by atoms with Crippen molar-refractivity contribution in [2.75, 3.05) is 0 Å². The van der Waals surface area contributed by atoms with Gasteiger partial charge in [0.05, 0.1) is 12.1 Å². The molecule has 0 aliphatic rings. The molecule has 0 aliphatic heterocycles. The van der Waals surface area contributed by atoms with E-state index < -0.39 is 0 Å². The monoisotopic (exact) mass is 356 g/mol. The molecular weight excluding hydrogens is 344 g/mol. The van der Waals surface area contributed by atoms with Crippen LogP contribution in [0.1, 0.15) is 16.1 Å². The second-order valence-corrected chi connectivity index (χ2v) is 7.27. The number of aryl methyl sites for hydroxylation is 1. The number of thiazole rings is 1. The number of primary amides is 1. The fraction of sp³-hybridized carbons (Fsp3) is 0.231. The first-order chi connectivity index (χ1) is 9.04. The lowest BCUT2D eigenvalue weighted by molar-refractivity contribution is -0.117. The van der Waals surface area contributed by atoms with Crippen LogP contribution in [-0.4, -0.2) is 10.9 Å². The fourth-order valence-corrected chi connectivity index (χ4v) is 3.97. The molecule has 0 spiro atoms. The van der Waals surface area contributed by atoms with Gasteiger partial charge in [-0.25, -0.2) is 4.98 Å². The molecule has 1 amide bonds. The van der Waals surface area contributed by atoms with Crippen LogP contribution in [0.5, 0.6) is 0 Å². The maximum atomic E-state index is 10.9. The van der Waals surface area contributed by atoms with Gasteiger partial charge in [0.25, 0.3) is 0 Å². The predicted molar refractivity (Wildman–Crippen MR) is 83.5 cm³/mol. The van der Waals surface area contributed by atoms with Crippen LogP contribution in [0, 0.1) is 6.92 Å². The molecule has 2 aromatic rings. The number of amides is 1. The van der Waals surface area contributed by atoms with Gasteiger partial charge in [-0.3, -0.25) is 4.79 Å². The highest BCUT2D eigenvalue weighted by molar-refractivity contribution is 9.10. The van der Waals surface area contributed by atoms with Crippen LogP contribution >= 0.6 is 39.0 Å². The highest BCUT2D eigenvalue weighted by atomic mass is 79.9. The number of thioether (sulfide) groups is 1. The van der Waals surface area contributed by atoms with Crippen molar-refractivity contribution in [2.45, 2.75) is 23.4 Å². The molecule has 0 saturated heterocycles. The molecule has 0 atom stereocenters. The summed E-state index contributed by atoms with van der Waals surface area (Å²) < 4.78 is 2.06. The zero-order valence-corrected chi connectivity index (χ0v) is 13.6. The summed E-state index contributed by atoms with van der Waals surface area (Å²) in [5.41, 5.74) is 7.36. The Morgan fingerprint density at radius 1 is 1.42 bits per heavy atom. The molecule has 2 rings (SSSR count). The third-order valence-electron chi connectivity index (χ3n) is 2.48. The Hall–Kier alpha value is -0.850. The normalized spacial score (nSPS) is 10.6. The average molecular weight is 357 g/mol. The molecule has 0 aliphatic carbocycles. The van der Waals surface area contributed by atoms with Gasteiger partial charge in [-0.1, -0.05) is 39.8 Å². The minimum atomic E-state index is -0.309. The first-order valence-corrected chi connectivity index (χ1v) is 8.26. The lowest BCUT2D eigenvalue weighted by atomic mass is 10.2. The van der Waals surface area contributed by atoms with Crippen LogP contribution in [-0.2, 0) is 17.0 Å². The zero-order chi connectivity index (χ0) is 13.8. The second kappa shape index (κ2) is 6.54. The quantitative estimate of drug-likeness (QED) is 0.833. The molecular formula is C13H13BrN2OS2. The Morgan fingerprint density at radius 2 is 2.11 bits per heavy atom. The number of nitrogens with zero attached hydrogens (tertiary/aromatic N) is 1. The van der Waals surface area contributed by atoms with Crippen LogP contribution in [0.3, 0.4) is 0 Å². The third kappa shape index (κ3) is 4.33. The smallest absolute Gasteiger partial charge is 0.222 e. The van der Waals surface area contributed by atoms with Crippen molar-refractivity contribution in [3.05, 3.63) is 44.9 Å². The summed E-state index contributed by atoms with van der Waals surface area (Å²) in [5.74, 6) is 0.562. The number of aromatic nitrogens is 1. The number of hydrogen-bond donors (Lipinski definition) is 1. The van der Waals surface area contributed by atoms with E-state index in [4.69, 9.17) is 5.73 Å². The van der Waals surface area contributed by atoms with E-state index in [0.29, 0.717) is 0 Å². The average Bonchev–Trinajstić information content (AvgIpc) is 2.69. The Labute approximate surface area is 128 Å². The summed E-state index contributed by atoms with van der Waals surface area (Å²) in [5, 5.41) is 0. The largest absolute Gasteiger partial charge is 0.369 e. The van der Waals surface area contributed by atoms with Crippen molar-refractivity contribution in [1.29, 1.82) is 0 Å². The van der Waals surface area contributed by atoms with E-state index in [1.807, 2.05) is 19.1 Å². The first kappa shape index (κ1) is 14.6. The van der Waals surface area contributed by atoms with Gasteiger partial charge in [-0.15, -0.1) is 11.3 Å². The highest BCUT2D eigenvalue weighted by Gasteiger charge is 2.10. The van der Waals surface area contributed by atoms with Crippen LogP contribution in [0.25, 0.3) is 0 Å². The summed E-state index contributed by atoms with van der Waals surface area (Å²) in [7, 11) is 0. The minimum absolute atomic E-state index is 0.280. The van der Waals surface area contributed by atoms with Gasteiger partial charge in [0.1, 0.15) is 0 Å². The Morgan fingerprint density at radius 3 is 2.74 bits per heavy atom. The van der Waals surface area contributed by atoms with E-state index >= 15 is 0 Å². The van der Waals surface area contributed by atoms with Gasteiger partial charge in [0.15, 0.2) is 4.34 Å². The number of nitrogens with two attached hydrogens (primary N) is 1. The SMILES string of the molecule is Cc1nc(SCc2ccc(Br)cc2)sc1CC(N)=O. The van der Waals surface area contributed by atoms with Gasteiger partial charge >= 0.3 is 0 Å². The van der Waals surface area contributed by atoms with E-state index in [-0.39, 0.29) is 12.3 Å². The Kier molecular flexibility index (Phi) is 5.01. The number of benzene rings is 1. The highest BCUT2D eigenvalue weighted by Crippen LogP contribution is 2.30. The molecule has 6 heteroatoms. The van der Waals surface area contributed by atoms with Crippen molar-refractivity contribution in [3.63, 3.8) is 0 Å². The lowest BCUT2D eigenvalue weighted by Crippen LogP contribution is -2.13. The van der Waals surface area contributed by atoms with E-state index in [2.05, 4.69) is 33.0 Å². The molecule has 1 aromatic carbocycles. The summed E-state index contributed by atoms with van der Waals surface area (Å²) in [4.78, 5) is 16.4. The van der Waals surface area contributed by atoms with Crippen molar-refractivity contribution < 1.29 is 4.79 Å². The molecule has 3 nitrogen and oxygen atoms in total. The molecule has 0 fully saturated rings. The van der Waals surface area contributed by atoms with E-state index in [1.54, 1.807) is 23.1 Å². The molecule has 0 radical (unpaired) electrons. The van der Waals surface area contributed by atoms with Gasteiger partial charge in [0.2, 0.25) is 5.91 Å². The van der Waals surface area contributed by atoms with E-state index in [9.17, 15) is 4.79 Å². The van der Waals surface area contributed by atoms with Crippen LogP contribution in [0.15, 0.2) is 33.1 Å². The summed E-state index contributed by atoms with van der Waals surface area (Å²) in [6, 6.07) is 8.23. The maximum absolute atomic E-state index is 10.9. The van der Waals surface area contributed by atoms with Crippen LogP contribution < -0.4 is 5.73 Å². The van der Waals surface area contributed by atoms with Gasteiger partial charge < -0.3 is 5.73 Å². The molecule has 100 valence electrons. The minimum Gasteiger partial charge on any atom is -0.369 e. The Bertz CT molecular complexity index is 581. The molecule has 1 aromatic heterocycles. The van der Waals surface area contributed by atoms with Gasteiger partial charge in [-0.05, 0) is 24.6 Å². The summed E-state index contributed by atoms with van der Waals surface area (Å²) in [6.07, 6.45) is 0.280. The predicted octanol–water partition coefficient (Wildman–Crippen LogP) is 3.53. The third-order valence-corrected chi connectivity index (χ3v) is 5.38. The van der Waals surface area contributed by atoms with Crippen LogP contribution in [0.4, 0.5) is 0 Å². The number of carbonyl (C=O) groups is 1. The summed E-state index contributed by atoms with van der Waals surface area (Å²) in [6.45, 7) is 1.92. The fourth-order valence-electron chi connectivity index (χ4n) is 1.51. The maximum Gasteiger partial charge on any atom is 0.222 e. The van der Waals surface area contributed by atoms with Crippen molar-refractivity contribution >= 4 is 44.9 Å². The molecule has 0 bridgehead atoms. The van der Waals surface area contributed by atoms with Gasteiger partial charge in [0, 0.05) is 15.1 Å². The standard InChI is InChI=1S/C13H13BrN2OS2/c1-8-11(6-12(15)17)19-13(16-8)18-7-9-2-4-10(14)5-3-9/h2-5H,6-7H2,1H3,(H2,15,17). The summed E-state index contributed by atoms with van der Waals surface area (Å²) >= 11 is 6.65. The topological polar surface area (TPSA) is 56.0 Å². The van der Waals surface area contributed by atoms with Crippen molar-refractivity contribution in [1.82, 2.24) is 4.98 Å². The first-order valence-electron chi connectivity index (χ1n) is 5.66. The lowest BCUT2D eigenvalue weighted by Gasteiger charge is -1.98. The van der Waals surface area contributed by atoms with Crippen molar-refractivity contribution in [3.8, 4) is 0 Å². The molecule has 19 heavy (non-hydrogen) atoms. The number of carbonyl (C=O) groups excluding carboxylic acids is 1. The second-order valence-electron chi connectivity index (χ2n) is 4.05. The molecule has 2 N–H and O–H groups in total. The Balaban J connectivity index is 1.99. The number of rotatable bonds is 5. The number of hydrogen-bond acceptors (Lipinski definition) is 4. The molecule has 0 unspecified atom stereocenters.